The summed E-state index contributed by atoms with van der Waals surface area (Å²) in [4.78, 5) is 37.0. The Labute approximate surface area is 175 Å². The summed E-state index contributed by atoms with van der Waals surface area (Å²) in [6.45, 7) is 0.214. The number of benzene rings is 1. The van der Waals surface area contributed by atoms with E-state index in [0.29, 0.717) is 38.5 Å². The Morgan fingerprint density at radius 3 is 1.50 bits per heavy atom. The maximum Gasteiger partial charge on any atom is 0.339 e. The van der Waals surface area contributed by atoms with Crippen LogP contribution in [0.15, 0.2) is 18.2 Å². The van der Waals surface area contributed by atoms with E-state index in [1.54, 1.807) is 0 Å². The van der Waals surface area contributed by atoms with Gasteiger partial charge in [0.25, 0.3) is 0 Å². The van der Waals surface area contributed by atoms with Crippen LogP contribution in [0.4, 0.5) is 0 Å². The molecule has 0 fully saturated rings. The summed E-state index contributed by atoms with van der Waals surface area (Å²) in [6, 6.07) is 3.90. The Kier molecular flexibility index (Phi) is 13.1. The lowest BCUT2D eigenvalue weighted by molar-refractivity contribution is 0.0443. The Balaban J connectivity index is 2.92. The number of rotatable bonds is 15. The van der Waals surface area contributed by atoms with Crippen molar-refractivity contribution in [2.24, 2.45) is 0 Å². The van der Waals surface area contributed by atoms with E-state index in [2.05, 4.69) is 0 Å². The molecule has 0 heterocycles. The van der Waals surface area contributed by atoms with E-state index in [4.69, 9.17) is 29.5 Å². The highest BCUT2D eigenvalue weighted by atomic mass is 16.5. The second kappa shape index (κ2) is 15.4. The zero-order valence-corrected chi connectivity index (χ0v) is 17.0. The monoisotopic (exact) mass is 426 g/mol. The Bertz CT molecular complexity index is 672. The summed E-state index contributed by atoms with van der Waals surface area (Å²) in [7, 11) is 0. The minimum absolute atomic E-state index is 0.00106. The molecule has 0 aromatic heterocycles. The van der Waals surface area contributed by atoms with E-state index in [9.17, 15) is 14.4 Å². The summed E-state index contributed by atoms with van der Waals surface area (Å²) in [5.74, 6) is -2.19. The van der Waals surface area contributed by atoms with Crippen LogP contribution in [0, 0.1) is 0 Å². The summed E-state index contributed by atoms with van der Waals surface area (Å²) in [5, 5.41) is 26.4. The molecular formula is C21H30O9. The fourth-order valence-corrected chi connectivity index (χ4v) is 2.39. The fraction of sp³-hybridized carbons (Fsp3) is 0.571. The second-order valence-electron chi connectivity index (χ2n) is 6.46. The largest absolute Gasteiger partial charge is 0.462 e. The molecule has 0 saturated carbocycles. The van der Waals surface area contributed by atoms with Crippen LogP contribution in [0.2, 0.25) is 0 Å². The van der Waals surface area contributed by atoms with Crippen molar-refractivity contribution < 1.29 is 43.9 Å². The average Bonchev–Trinajstić information content (AvgIpc) is 2.76. The van der Waals surface area contributed by atoms with Gasteiger partial charge in [-0.25, -0.2) is 14.4 Å². The molecule has 0 amide bonds. The van der Waals surface area contributed by atoms with E-state index in [-0.39, 0.29) is 56.3 Å². The molecule has 168 valence electrons. The van der Waals surface area contributed by atoms with Gasteiger partial charge in [-0.15, -0.1) is 0 Å². The van der Waals surface area contributed by atoms with Crippen LogP contribution >= 0.6 is 0 Å². The predicted octanol–water partition coefficient (Wildman–Crippen LogP) is 1.47. The molecule has 0 unspecified atom stereocenters. The van der Waals surface area contributed by atoms with E-state index in [1.807, 2.05) is 0 Å². The van der Waals surface area contributed by atoms with Gasteiger partial charge in [0.05, 0.1) is 36.5 Å². The molecule has 9 heteroatoms. The normalized spacial score (nSPS) is 10.5. The number of aliphatic hydroxyl groups is 3. The molecule has 0 aliphatic carbocycles. The van der Waals surface area contributed by atoms with Crippen LogP contribution in [0.1, 0.15) is 69.6 Å². The molecule has 0 atom stereocenters. The van der Waals surface area contributed by atoms with Crippen molar-refractivity contribution in [1.82, 2.24) is 0 Å². The number of unbranched alkanes of at least 4 members (excludes halogenated alkanes) is 3. The van der Waals surface area contributed by atoms with Gasteiger partial charge in [-0.2, -0.15) is 0 Å². The van der Waals surface area contributed by atoms with Crippen LogP contribution in [-0.2, 0) is 14.2 Å². The summed E-state index contributed by atoms with van der Waals surface area (Å²) < 4.78 is 15.4. The number of hydrogen-bond acceptors (Lipinski definition) is 9. The number of carbonyl (C=O) groups is 3. The maximum atomic E-state index is 12.5. The molecule has 1 aromatic carbocycles. The van der Waals surface area contributed by atoms with Gasteiger partial charge in [-0.3, -0.25) is 0 Å². The first kappa shape index (κ1) is 25.5. The molecule has 1 rings (SSSR count). The van der Waals surface area contributed by atoms with Gasteiger partial charge in [0, 0.05) is 19.8 Å². The van der Waals surface area contributed by atoms with Crippen molar-refractivity contribution >= 4 is 17.9 Å². The molecule has 30 heavy (non-hydrogen) atoms. The van der Waals surface area contributed by atoms with Crippen molar-refractivity contribution in [3.63, 3.8) is 0 Å². The lowest BCUT2D eigenvalue weighted by atomic mass is 10.0. The van der Waals surface area contributed by atoms with Gasteiger partial charge in [0.15, 0.2) is 0 Å². The van der Waals surface area contributed by atoms with Crippen molar-refractivity contribution in [2.75, 3.05) is 39.6 Å². The van der Waals surface area contributed by atoms with Crippen molar-refractivity contribution in [3.8, 4) is 0 Å². The maximum absolute atomic E-state index is 12.5. The molecule has 0 aliphatic heterocycles. The van der Waals surface area contributed by atoms with E-state index in [0.717, 1.165) is 0 Å². The van der Waals surface area contributed by atoms with E-state index in [1.165, 1.54) is 18.2 Å². The van der Waals surface area contributed by atoms with Crippen molar-refractivity contribution in [2.45, 2.75) is 38.5 Å². The van der Waals surface area contributed by atoms with Gasteiger partial charge in [0.2, 0.25) is 0 Å². The van der Waals surface area contributed by atoms with Gasteiger partial charge in [-0.1, -0.05) is 0 Å². The SMILES string of the molecule is O=C(OCCCCO)c1ccc(C(=O)OCCCCO)c(C(=O)OCCCCO)c1. The first-order valence-electron chi connectivity index (χ1n) is 10.0. The number of carbonyl (C=O) groups excluding carboxylic acids is 3. The van der Waals surface area contributed by atoms with Crippen molar-refractivity contribution in [3.05, 3.63) is 34.9 Å². The minimum Gasteiger partial charge on any atom is -0.462 e. The third-order valence-electron chi connectivity index (χ3n) is 4.05. The molecule has 1 aromatic rings. The highest BCUT2D eigenvalue weighted by Gasteiger charge is 2.22. The first-order chi connectivity index (χ1) is 14.5. The first-order valence-corrected chi connectivity index (χ1v) is 10.0. The molecule has 3 N–H and O–H groups in total. The number of esters is 3. The standard InChI is InChI=1S/C21H30O9/c22-9-1-4-12-28-19(25)16-7-8-17(20(26)29-13-5-2-10-23)18(15-16)21(27)30-14-6-3-11-24/h7-8,15,22-24H,1-6,9-14H2. The Hall–Kier alpha value is -2.49. The van der Waals surface area contributed by atoms with Crippen molar-refractivity contribution in [1.29, 1.82) is 0 Å². The van der Waals surface area contributed by atoms with Crippen LogP contribution < -0.4 is 0 Å². The zero-order valence-electron chi connectivity index (χ0n) is 17.0. The molecule has 0 radical (unpaired) electrons. The number of aliphatic hydroxyl groups excluding tert-OH is 3. The highest BCUT2D eigenvalue weighted by Crippen LogP contribution is 2.17. The summed E-state index contributed by atoms with van der Waals surface area (Å²) in [6.07, 6.45) is 2.87. The molecular weight excluding hydrogens is 396 g/mol. The van der Waals surface area contributed by atoms with Gasteiger partial charge in [0.1, 0.15) is 0 Å². The highest BCUT2D eigenvalue weighted by molar-refractivity contribution is 6.05. The smallest absolute Gasteiger partial charge is 0.339 e. The number of ether oxygens (including phenoxy) is 3. The second-order valence-corrected chi connectivity index (χ2v) is 6.46. The molecule has 9 nitrogen and oxygen atoms in total. The number of hydrogen-bond donors (Lipinski definition) is 3. The predicted molar refractivity (Wildman–Crippen MR) is 106 cm³/mol. The van der Waals surface area contributed by atoms with Crippen LogP contribution in [0.25, 0.3) is 0 Å². The quantitative estimate of drug-likeness (QED) is 0.216. The third kappa shape index (κ3) is 9.34. The molecule has 0 aliphatic rings. The molecule has 0 saturated heterocycles. The topological polar surface area (TPSA) is 140 Å². The molecule has 0 spiro atoms. The lowest BCUT2D eigenvalue weighted by Crippen LogP contribution is -2.17. The molecule has 0 bridgehead atoms. The van der Waals surface area contributed by atoms with Gasteiger partial charge < -0.3 is 29.5 Å². The Morgan fingerprint density at radius 2 is 1.03 bits per heavy atom. The Morgan fingerprint density at radius 1 is 0.600 bits per heavy atom. The summed E-state index contributed by atoms with van der Waals surface area (Å²) >= 11 is 0. The van der Waals surface area contributed by atoms with Gasteiger partial charge in [-0.05, 0) is 56.7 Å². The van der Waals surface area contributed by atoms with E-state index >= 15 is 0 Å². The third-order valence-corrected chi connectivity index (χ3v) is 4.05. The summed E-state index contributed by atoms with van der Waals surface area (Å²) in [5.41, 5.74) is -0.0721. The fourth-order valence-electron chi connectivity index (χ4n) is 2.39. The minimum atomic E-state index is -0.787. The van der Waals surface area contributed by atoms with Crippen LogP contribution in [0.3, 0.4) is 0 Å². The van der Waals surface area contributed by atoms with E-state index < -0.39 is 17.9 Å². The van der Waals surface area contributed by atoms with Crippen LogP contribution in [0.5, 0.6) is 0 Å². The van der Waals surface area contributed by atoms with Gasteiger partial charge >= 0.3 is 17.9 Å². The van der Waals surface area contributed by atoms with Crippen LogP contribution in [-0.4, -0.2) is 72.9 Å². The average molecular weight is 426 g/mol. The zero-order chi connectivity index (χ0) is 22.2. The lowest BCUT2D eigenvalue weighted by Gasteiger charge is -2.12.